The Morgan fingerprint density at radius 1 is 0.909 bits per heavy atom. The molecule has 3 aromatic rings. The molecule has 3 aromatic carbocycles. The van der Waals surface area contributed by atoms with Crippen molar-refractivity contribution in [2.75, 3.05) is 18.5 Å². The van der Waals surface area contributed by atoms with Gasteiger partial charge in [-0.05, 0) is 80.4 Å². The molecule has 33 heavy (non-hydrogen) atoms. The number of anilines is 2. The molecule has 0 fully saturated rings. The maximum absolute atomic E-state index is 13.3. The lowest BCUT2D eigenvalue weighted by Crippen LogP contribution is -2.24. The highest BCUT2D eigenvalue weighted by atomic mass is 19.1. The van der Waals surface area contributed by atoms with Gasteiger partial charge in [0.25, 0.3) is 0 Å². The second-order valence-corrected chi connectivity index (χ2v) is 8.68. The van der Waals surface area contributed by atoms with Crippen LogP contribution in [0.4, 0.5) is 15.8 Å². The van der Waals surface area contributed by atoms with E-state index in [-0.39, 0.29) is 5.82 Å². The average molecular weight is 448 g/mol. The number of ether oxygens (including phenoxy) is 3. The van der Waals surface area contributed by atoms with E-state index in [1.54, 1.807) is 18.2 Å². The van der Waals surface area contributed by atoms with Crippen LogP contribution in [0.1, 0.15) is 42.3 Å². The van der Waals surface area contributed by atoms with E-state index in [0.717, 1.165) is 22.6 Å². The van der Waals surface area contributed by atoms with Crippen LogP contribution in [0.2, 0.25) is 0 Å². The van der Waals surface area contributed by atoms with Crippen LogP contribution < -0.4 is 14.8 Å². The van der Waals surface area contributed by atoms with E-state index in [4.69, 9.17) is 14.2 Å². The first-order valence-corrected chi connectivity index (χ1v) is 10.7. The molecule has 4 rings (SSSR count). The number of carbonyl (C=O) groups is 1. The van der Waals surface area contributed by atoms with Crippen LogP contribution in [0.3, 0.4) is 0 Å². The van der Waals surface area contributed by atoms with Crippen LogP contribution in [0.15, 0.2) is 60.7 Å². The molecule has 5 nitrogen and oxygen atoms in total. The monoisotopic (exact) mass is 447 g/mol. The second kappa shape index (κ2) is 9.36. The first kappa shape index (κ1) is 22.4. The molecule has 1 aliphatic rings. The summed E-state index contributed by atoms with van der Waals surface area (Å²) < 4.78 is 30.1. The summed E-state index contributed by atoms with van der Waals surface area (Å²) >= 11 is 0. The number of carbonyl (C=O) groups excluding carboxylic acids is 1. The summed E-state index contributed by atoms with van der Waals surface area (Å²) in [5.74, 6) is 0.701. The summed E-state index contributed by atoms with van der Waals surface area (Å²) in [6.45, 7) is 6.55. The van der Waals surface area contributed by atoms with Crippen LogP contribution in [0.25, 0.3) is 12.2 Å². The Kier molecular flexibility index (Phi) is 6.36. The molecule has 1 aliphatic heterocycles. The third-order valence-electron chi connectivity index (χ3n) is 4.82. The number of fused-ring (bicyclic) bond motifs is 1. The Hall–Kier alpha value is -3.80. The van der Waals surface area contributed by atoms with Crippen LogP contribution in [0.5, 0.6) is 11.5 Å². The first-order chi connectivity index (χ1) is 15.8. The second-order valence-electron chi connectivity index (χ2n) is 8.68. The van der Waals surface area contributed by atoms with Gasteiger partial charge in [-0.15, -0.1) is 0 Å². The minimum absolute atomic E-state index is 0.330. The molecule has 1 N–H and O–H groups in total. The largest absolute Gasteiger partial charge is 0.486 e. The van der Waals surface area contributed by atoms with Crippen molar-refractivity contribution < 1.29 is 23.4 Å². The Balaban J connectivity index is 1.62. The minimum atomic E-state index is -0.624. The van der Waals surface area contributed by atoms with Crippen molar-refractivity contribution in [2.24, 2.45) is 0 Å². The topological polar surface area (TPSA) is 56.8 Å². The number of halogens is 1. The molecular weight excluding hydrogens is 421 g/mol. The molecule has 0 aromatic heterocycles. The van der Waals surface area contributed by atoms with E-state index in [1.807, 2.05) is 63.3 Å². The highest BCUT2D eigenvalue weighted by molar-refractivity contribution is 5.97. The third kappa shape index (κ3) is 5.92. The summed E-state index contributed by atoms with van der Waals surface area (Å²) in [4.78, 5) is 12.8. The summed E-state index contributed by atoms with van der Waals surface area (Å²) in [6, 6.07) is 17.2. The number of hydrogen-bond donors (Lipinski definition) is 1. The summed E-state index contributed by atoms with van der Waals surface area (Å²) in [5.41, 5.74) is 2.84. The summed E-state index contributed by atoms with van der Waals surface area (Å²) in [6.07, 6.45) is 3.91. The minimum Gasteiger partial charge on any atom is -0.486 e. The Bertz CT molecular complexity index is 1180. The van der Waals surface area contributed by atoms with Crippen LogP contribution in [-0.2, 0) is 4.74 Å². The van der Waals surface area contributed by atoms with E-state index in [1.165, 1.54) is 12.1 Å². The molecule has 0 unspecified atom stereocenters. The van der Waals surface area contributed by atoms with Gasteiger partial charge in [-0.3, -0.25) is 0 Å². The van der Waals surface area contributed by atoms with Gasteiger partial charge in [-0.25, -0.2) is 9.18 Å². The lowest BCUT2D eigenvalue weighted by atomic mass is 10.1. The lowest BCUT2D eigenvalue weighted by Gasteiger charge is -2.21. The Labute approximate surface area is 192 Å². The molecule has 0 radical (unpaired) electrons. The van der Waals surface area contributed by atoms with Gasteiger partial charge in [-0.2, -0.15) is 0 Å². The molecule has 1 heterocycles. The molecule has 170 valence electrons. The molecule has 0 saturated carbocycles. The molecule has 0 amide bonds. The van der Waals surface area contributed by atoms with Gasteiger partial charge < -0.3 is 19.5 Å². The number of rotatable bonds is 5. The van der Waals surface area contributed by atoms with Gasteiger partial charge in [0.1, 0.15) is 24.6 Å². The predicted octanol–water partition coefficient (Wildman–Crippen LogP) is 6.47. The first-order valence-electron chi connectivity index (χ1n) is 10.7. The molecule has 6 heteroatoms. The van der Waals surface area contributed by atoms with Crippen molar-refractivity contribution in [3.05, 3.63) is 83.2 Å². The zero-order chi connectivity index (χ0) is 23.4. The van der Waals surface area contributed by atoms with Gasteiger partial charge in [0.05, 0.1) is 11.3 Å². The Morgan fingerprint density at radius 3 is 2.24 bits per heavy atom. The molecule has 0 bridgehead atoms. The maximum Gasteiger partial charge on any atom is 0.340 e. The van der Waals surface area contributed by atoms with Crippen LogP contribution in [0, 0.1) is 5.82 Å². The van der Waals surface area contributed by atoms with Crippen molar-refractivity contribution in [1.29, 1.82) is 0 Å². The van der Waals surface area contributed by atoms with E-state index >= 15 is 0 Å². The molecule has 0 saturated heterocycles. The number of esters is 1. The van der Waals surface area contributed by atoms with Crippen LogP contribution >= 0.6 is 0 Å². The fourth-order valence-corrected chi connectivity index (χ4v) is 3.32. The molecule has 0 spiro atoms. The molecule has 0 atom stereocenters. The zero-order valence-corrected chi connectivity index (χ0v) is 18.9. The molecule has 0 aliphatic carbocycles. The normalized spacial score (nSPS) is 13.1. The standard InChI is InChI=1S/C27H26FNO4/c1-27(2,3)33-26(30)22-12-6-18(16-23(22)29-21-10-8-20(28)9-11-21)4-5-19-7-13-24-25(17-19)32-15-14-31-24/h4-13,16-17,29H,14-15H2,1-3H3/b5-4+. The number of benzene rings is 3. The van der Waals surface area contributed by atoms with E-state index in [2.05, 4.69) is 5.32 Å². The van der Waals surface area contributed by atoms with Crippen molar-refractivity contribution >= 4 is 29.5 Å². The van der Waals surface area contributed by atoms with E-state index in [0.29, 0.717) is 30.2 Å². The zero-order valence-electron chi connectivity index (χ0n) is 18.9. The Morgan fingerprint density at radius 2 is 1.55 bits per heavy atom. The van der Waals surface area contributed by atoms with Gasteiger partial charge in [-0.1, -0.05) is 24.3 Å². The summed E-state index contributed by atoms with van der Waals surface area (Å²) in [7, 11) is 0. The van der Waals surface area contributed by atoms with Crippen molar-refractivity contribution in [3.63, 3.8) is 0 Å². The van der Waals surface area contributed by atoms with E-state index in [9.17, 15) is 9.18 Å². The fourth-order valence-electron chi connectivity index (χ4n) is 3.32. The highest BCUT2D eigenvalue weighted by Gasteiger charge is 2.21. The van der Waals surface area contributed by atoms with Crippen molar-refractivity contribution in [2.45, 2.75) is 26.4 Å². The smallest absolute Gasteiger partial charge is 0.340 e. The summed E-state index contributed by atoms with van der Waals surface area (Å²) in [5, 5.41) is 3.21. The van der Waals surface area contributed by atoms with Gasteiger partial charge in [0, 0.05) is 5.69 Å². The fraction of sp³-hybridized carbons (Fsp3) is 0.222. The maximum atomic E-state index is 13.3. The molecular formula is C27H26FNO4. The van der Waals surface area contributed by atoms with Crippen molar-refractivity contribution in [1.82, 2.24) is 0 Å². The van der Waals surface area contributed by atoms with E-state index < -0.39 is 11.6 Å². The number of hydrogen-bond acceptors (Lipinski definition) is 5. The SMILES string of the molecule is CC(C)(C)OC(=O)c1ccc(/C=C/c2ccc3c(c2)OCCO3)cc1Nc1ccc(F)cc1. The van der Waals surface area contributed by atoms with Crippen molar-refractivity contribution in [3.8, 4) is 11.5 Å². The van der Waals surface area contributed by atoms with Gasteiger partial charge >= 0.3 is 5.97 Å². The number of nitrogens with one attached hydrogen (secondary N) is 1. The van der Waals surface area contributed by atoms with Gasteiger partial charge in [0.2, 0.25) is 0 Å². The van der Waals surface area contributed by atoms with Crippen LogP contribution in [-0.4, -0.2) is 24.8 Å². The van der Waals surface area contributed by atoms with Gasteiger partial charge in [0.15, 0.2) is 11.5 Å². The predicted molar refractivity (Wildman–Crippen MR) is 128 cm³/mol. The highest BCUT2D eigenvalue weighted by Crippen LogP contribution is 2.32. The average Bonchev–Trinajstić information content (AvgIpc) is 2.78. The third-order valence-corrected chi connectivity index (χ3v) is 4.82. The lowest BCUT2D eigenvalue weighted by molar-refractivity contribution is 0.00707. The quantitative estimate of drug-likeness (QED) is 0.359.